The molecule has 1 rings (SSSR count). The molecule has 0 spiro atoms. The van der Waals surface area contributed by atoms with Crippen LogP contribution in [0.2, 0.25) is 0 Å². The monoisotopic (exact) mass is 236 g/mol. The molecule has 0 bridgehead atoms. The molecule has 0 aromatic heterocycles. The Hall–Kier alpha value is -2.17. The number of carbonyl (C=O) groups is 3. The number of aromatic carboxylic acids is 2. The molecule has 0 heterocycles. The third kappa shape index (κ3) is 3.14. The van der Waals surface area contributed by atoms with Crippen molar-refractivity contribution in [1.29, 1.82) is 0 Å². The van der Waals surface area contributed by atoms with Gasteiger partial charge in [0.25, 0.3) is 0 Å². The van der Waals surface area contributed by atoms with Crippen molar-refractivity contribution in [1.82, 2.24) is 0 Å². The predicted molar refractivity (Wildman–Crippen MR) is 59.3 cm³/mol. The number of carbonyl (C=O) groups excluding carboxylic acids is 1. The molecule has 0 aliphatic heterocycles. The lowest BCUT2D eigenvalue weighted by Crippen LogP contribution is -2.10. The van der Waals surface area contributed by atoms with Gasteiger partial charge in [-0.1, -0.05) is 13.0 Å². The van der Waals surface area contributed by atoms with E-state index in [9.17, 15) is 14.4 Å². The van der Waals surface area contributed by atoms with E-state index in [1.54, 1.807) is 6.92 Å². The van der Waals surface area contributed by atoms with Crippen LogP contribution in [0.15, 0.2) is 18.2 Å². The Labute approximate surface area is 97.7 Å². The molecule has 1 atom stereocenters. The van der Waals surface area contributed by atoms with E-state index >= 15 is 0 Å². The van der Waals surface area contributed by atoms with Gasteiger partial charge in [-0.3, -0.25) is 0 Å². The zero-order valence-electron chi connectivity index (χ0n) is 9.21. The van der Waals surface area contributed by atoms with Crippen molar-refractivity contribution < 1.29 is 24.6 Å². The molecule has 17 heavy (non-hydrogen) atoms. The van der Waals surface area contributed by atoms with Crippen LogP contribution < -0.4 is 0 Å². The van der Waals surface area contributed by atoms with E-state index < -0.39 is 11.9 Å². The van der Waals surface area contributed by atoms with Gasteiger partial charge in [-0.15, -0.1) is 0 Å². The first-order valence-corrected chi connectivity index (χ1v) is 5.00. The zero-order chi connectivity index (χ0) is 13.0. The number of rotatable bonds is 5. The number of carboxylic acids is 2. The van der Waals surface area contributed by atoms with Gasteiger partial charge in [0, 0.05) is 5.92 Å². The largest absolute Gasteiger partial charge is 0.478 e. The Morgan fingerprint density at radius 2 is 1.82 bits per heavy atom. The number of benzene rings is 1. The van der Waals surface area contributed by atoms with E-state index in [2.05, 4.69) is 0 Å². The Balaban J connectivity index is 3.14. The quantitative estimate of drug-likeness (QED) is 0.755. The summed E-state index contributed by atoms with van der Waals surface area (Å²) in [5, 5.41) is 17.7. The Morgan fingerprint density at radius 1 is 1.24 bits per heavy atom. The maximum Gasteiger partial charge on any atom is 0.336 e. The highest BCUT2D eigenvalue weighted by atomic mass is 16.4. The van der Waals surface area contributed by atoms with Crippen molar-refractivity contribution in [2.75, 3.05) is 0 Å². The molecular weight excluding hydrogens is 224 g/mol. The lowest BCUT2D eigenvalue weighted by atomic mass is 9.97. The number of hydrogen-bond acceptors (Lipinski definition) is 3. The van der Waals surface area contributed by atoms with Crippen molar-refractivity contribution in [3.8, 4) is 0 Å². The number of aldehydes is 1. The van der Waals surface area contributed by atoms with Crippen LogP contribution in [0, 0.1) is 5.92 Å². The summed E-state index contributed by atoms with van der Waals surface area (Å²) < 4.78 is 0. The van der Waals surface area contributed by atoms with E-state index in [-0.39, 0.29) is 17.0 Å². The van der Waals surface area contributed by atoms with Gasteiger partial charge in [0.05, 0.1) is 11.1 Å². The van der Waals surface area contributed by atoms with Crippen molar-refractivity contribution in [3.63, 3.8) is 0 Å². The minimum Gasteiger partial charge on any atom is -0.478 e. The lowest BCUT2D eigenvalue weighted by Gasteiger charge is -2.07. The van der Waals surface area contributed by atoms with Crippen LogP contribution in [0.1, 0.15) is 33.2 Å². The second kappa shape index (κ2) is 5.25. The van der Waals surface area contributed by atoms with Gasteiger partial charge in [-0.25, -0.2) is 9.59 Å². The molecular formula is C12H12O5. The predicted octanol–water partition coefficient (Wildman–Crippen LogP) is 1.46. The van der Waals surface area contributed by atoms with Crippen LogP contribution in [-0.2, 0) is 11.2 Å². The first-order chi connectivity index (χ1) is 7.95. The van der Waals surface area contributed by atoms with Crippen molar-refractivity contribution >= 4 is 18.2 Å². The molecule has 0 amide bonds. The van der Waals surface area contributed by atoms with Crippen LogP contribution in [0.5, 0.6) is 0 Å². The fourth-order valence-corrected chi connectivity index (χ4v) is 1.50. The van der Waals surface area contributed by atoms with Crippen LogP contribution in [-0.4, -0.2) is 28.4 Å². The highest BCUT2D eigenvalue weighted by molar-refractivity contribution is 6.01. The Bertz CT molecular complexity index is 464. The maximum absolute atomic E-state index is 10.9. The van der Waals surface area contributed by atoms with Gasteiger partial charge < -0.3 is 15.0 Å². The van der Waals surface area contributed by atoms with E-state index in [1.807, 2.05) is 0 Å². The van der Waals surface area contributed by atoms with E-state index in [0.717, 1.165) is 6.29 Å². The second-order valence-corrected chi connectivity index (χ2v) is 3.81. The van der Waals surface area contributed by atoms with Crippen molar-refractivity contribution in [2.45, 2.75) is 13.3 Å². The molecule has 0 aliphatic carbocycles. The van der Waals surface area contributed by atoms with Gasteiger partial charge in [-0.2, -0.15) is 0 Å². The standard InChI is InChI=1S/C12H12O5/c1-7(6-13)4-8-2-3-9(11(14)15)10(5-8)12(16)17/h2-3,5-7H,4H2,1H3,(H,14,15)(H,16,17). The molecule has 5 heteroatoms. The van der Waals surface area contributed by atoms with Crippen LogP contribution in [0.3, 0.4) is 0 Å². The SMILES string of the molecule is CC(C=O)Cc1ccc(C(=O)O)c(C(=O)O)c1. The Kier molecular flexibility index (Phi) is 3.98. The molecule has 5 nitrogen and oxygen atoms in total. The summed E-state index contributed by atoms with van der Waals surface area (Å²) in [6.07, 6.45) is 1.16. The van der Waals surface area contributed by atoms with Gasteiger partial charge in [-0.05, 0) is 24.1 Å². The molecule has 0 aliphatic rings. The molecule has 0 fully saturated rings. The molecule has 1 unspecified atom stereocenters. The number of hydrogen-bond donors (Lipinski definition) is 2. The number of carboxylic acid groups (broad SMARTS) is 2. The van der Waals surface area contributed by atoms with E-state index in [0.29, 0.717) is 12.0 Å². The second-order valence-electron chi connectivity index (χ2n) is 3.81. The third-order valence-electron chi connectivity index (χ3n) is 2.33. The maximum atomic E-state index is 10.9. The van der Waals surface area contributed by atoms with E-state index in [4.69, 9.17) is 10.2 Å². The lowest BCUT2D eigenvalue weighted by molar-refractivity contribution is -0.110. The normalized spacial score (nSPS) is 11.8. The first-order valence-electron chi connectivity index (χ1n) is 5.00. The Morgan fingerprint density at radius 3 is 2.29 bits per heavy atom. The smallest absolute Gasteiger partial charge is 0.336 e. The molecule has 1 aromatic rings. The summed E-state index contributed by atoms with van der Waals surface area (Å²) >= 11 is 0. The third-order valence-corrected chi connectivity index (χ3v) is 2.33. The van der Waals surface area contributed by atoms with Crippen LogP contribution >= 0.6 is 0 Å². The molecule has 2 N–H and O–H groups in total. The molecule has 90 valence electrons. The van der Waals surface area contributed by atoms with Crippen LogP contribution in [0.25, 0.3) is 0 Å². The van der Waals surface area contributed by atoms with Gasteiger partial charge >= 0.3 is 11.9 Å². The summed E-state index contributed by atoms with van der Waals surface area (Å²) in [6.45, 7) is 1.71. The van der Waals surface area contributed by atoms with Crippen molar-refractivity contribution in [2.24, 2.45) is 5.92 Å². The minimum absolute atomic E-state index is 0.229. The summed E-state index contributed by atoms with van der Waals surface area (Å²) in [7, 11) is 0. The fourth-order valence-electron chi connectivity index (χ4n) is 1.50. The fraction of sp³-hybridized carbons (Fsp3) is 0.250. The molecule has 0 saturated carbocycles. The van der Waals surface area contributed by atoms with Crippen molar-refractivity contribution in [3.05, 3.63) is 34.9 Å². The average Bonchev–Trinajstić information content (AvgIpc) is 2.28. The molecule has 0 radical (unpaired) electrons. The van der Waals surface area contributed by atoms with Gasteiger partial charge in [0.15, 0.2) is 0 Å². The highest BCUT2D eigenvalue weighted by Crippen LogP contribution is 2.15. The topological polar surface area (TPSA) is 91.7 Å². The molecule has 0 saturated heterocycles. The van der Waals surface area contributed by atoms with Gasteiger partial charge in [0.2, 0.25) is 0 Å². The summed E-state index contributed by atoms with van der Waals surface area (Å²) in [5.74, 6) is -2.80. The zero-order valence-corrected chi connectivity index (χ0v) is 9.21. The summed E-state index contributed by atoms with van der Waals surface area (Å²) in [6, 6.07) is 4.07. The minimum atomic E-state index is -1.29. The van der Waals surface area contributed by atoms with Gasteiger partial charge in [0.1, 0.15) is 6.29 Å². The average molecular weight is 236 g/mol. The highest BCUT2D eigenvalue weighted by Gasteiger charge is 2.16. The summed E-state index contributed by atoms with van der Waals surface area (Å²) in [4.78, 5) is 32.2. The van der Waals surface area contributed by atoms with Crippen LogP contribution in [0.4, 0.5) is 0 Å². The molecule has 1 aromatic carbocycles. The van der Waals surface area contributed by atoms with E-state index in [1.165, 1.54) is 18.2 Å². The summed E-state index contributed by atoms with van der Waals surface area (Å²) in [5.41, 5.74) is 0.125. The first kappa shape index (κ1) is 12.9.